The number of anilines is 1. The topological polar surface area (TPSA) is 76.3 Å². The second kappa shape index (κ2) is 7.46. The Kier molecular flexibility index (Phi) is 5.28. The van der Waals surface area contributed by atoms with E-state index < -0.39 is 5.91 Å². The van der Waals surface area contributed by atoms with Gasteiger partial charge in [0, 0.05) is 35.3 Å². The number of amides is 1. The van der Waals surface area contributed by atoms with Crippen molar-refractivity contribution in [2.24, 2.45) is 11.7 Å². The number of halogens is 1. The Morgan fingerprint density at radius 3 is 2.62 bits per heavy atom. The fourth-order valence-electron chi connectivity index (χ4n) is 3.48. The molecule has 1 atom stereocenters. The number of rotatable bonds is 4. The van der Waals surface area contributed by atoms with Gasteiger partial charge in [0.1, 0.15) is 5.82 Å². The van der Waals surface area contributed by atoms with Gasteiger partial charge in [-0.25, -0.2) is 4.98 Å². The van der Waals surface area contributed by atoms with Gasteiger partial charge in [0.25, 0.3) is 5.91 Å². The van der Waals surface area contributed by atoms with Crippen molar-refractivity contribution in [1.82, 2.24) is 4.98 Å². The van der Waals surface area contributed by atoms with Gasteiger partial charge in [0.15, 0.2) is 5.78 Å². The maximum absolute atomic E-state index is 13.0. The summed E-state index contributed by atoms with van der Waals surface area (Å²) in [5, 5.41) is 0.624. The minimum absolute atomic E-state index is 0.108. The van der Waals surface area contributed by atoms with Crippen molar-refractivity contribution >= 4 is 29.1 Å². The number of nitrogens with two attached hydrogens (primary N) is 1. The first kappa shape index (κ1) is 18.4. The first-order valence-corrected chi connectivity index (χ1v) is 9.07. The molecule has 1 aromatic heterocycles. The van der Waals surface area contributed by atoms with E-state index in [0.717, 1.165) is 30.6 Å². The highest BCUT2D eigenvalue weighted by Crippen LogP contribution is 2.28. The van der Waals surface area contributed by atoms with E-state index in [9.17, 15) is 9.59 Å². The number of hydrogen-bond donors (Lipinski definition) is 1. The Bertz CT molecular complexity index is 866. The van der Waals surface area contributed by atoms with Crippen LogP contribution in [0.4, 0.5) is 5.82 Å². The molecule has 0 spiro atoms. The molecule has 1 fully saturated rings. The largest absolute Gasteiger partial charge is 0.365 e. The average Bonchev–Trinajstić information content (AvgIpc) is 2.61. The van der Waals surface area contributed by atoms with Gasteiger partial charge in [-0.15, -0.1) is 0 Å². The number of carbonyl (C=O) groups is 2. The van der Waals surface area contributed by atoms with E-state index in [2.05, 4.69) is 4.98 Å². The summed E-state index contributed by atoms with van der Waals surface area (Å²) in [5.41, 5.74) is 8.30. The Morgan fingerprint density at radius 2 is 1.92 bits per heavy atom. The molecular weight excluding hydrogens is 350 g/mol. The van der Waals surface area contributed by atoms with Crippen LogP contribution in [0.25, 0.3) is 0 Å². The number of hydrogen-bond acceptors (Lipinski definition) is 4. The zero-order chi connectivity index (χ0) is 18.8. The summed E-state index contributed by atoms with van der Waals surface area (Å²) >= 11 is 6.00. The number of carbonyl (C=O) groups excluding carboxylic acids is 2. The Labute approximate surface area is 158 Å². The number of nitrogens with zero attached hydrogens (tertiary/aromatic N) is 2. The lowest BCUT2D eigenvalue weighted by atomic mass is 9.88. The van der Waals surface area contributed by atoms with Crippen LogP contribution in [0.2, 0.25) is 5.02 Å². The van der Waals surface area contributed by atoms with Crippen LogP contribution < -0.4 is 10.6 Å². The van der Waals surface area contributed by atoms with Gasteiger partial charge in [-0.05, 0) is 62.6 Å². The van der Waals surface area contributed by atoms with Crippen molar-refractivity contribution in [2.75, 3.05) is 18.0 Å². The van der Waals surface area contributed by atoms with Crippen LogP contribution >= 0.6 is 11.6 Å². The van der Waals surface area contributed by atoms with E-state index in [1.54, 1.807) is 24.3 Å². The Morgan fingerprint density at radius 1 is 1.19 bits per heavy atom. The summed E-state index contributed by atoms with van der Waals surface area (Å²) in [6.07, 6.45) is 1.67. The number of primary amides is 1. The van der Waals surface area contributed by atoms with Crippen LogP contribution in [0.1, 0.15) is 44.8 Å². The fraction of sp³-hybridized carbons (Fsp3) is 0.350. The molecule has 136 valence electrons. The standard InChI is InChI=1S/C20H22ClN3O2/c1-12-10-15(21)6-8-16(12)18(25)14-4-3-9-24(11-14)20-17(19(22)26)7-5-13(2)23-20/h5-8,10,14H,3-4,9,11H2,1-2H3,(H2,22,26)/t14-/m1/s1. The predicted molar refractivity (Wildman–Crippen MR) is 103 cm³/mol. The predicted octanol–water partition coefficient (Wildman–Crippen LogP) is 3.55. The SMILES string of the molecule is Cc1ccc(C(N)=O)c(N2CCC[C@@H](C(=O)c3ccc(Cl)cc3C)C2)n1. The third kappa shape index (κ3) is 3.73. The molecule has 1 amide bonds. The smallest absolute Gasteiger partial charge is 0.252 e. The van der Waals surface area contributed by atoms with E-state index in [-0.39, 0.29) is 11.7 Å². The van der Waals surface area contributed by atoms with Gasteiger partial charge in [-0.1, -0.05) is 11.6 Å². The molecule has 2 heterocycles. The van der Waals surface area contributed by atoms with Gasteiger partial charge in [0.05, 0.1) is 5.56 Å². The normalized spacial score (nSPS) is 17.2. The maximum Gasteiger partial charge on any atom is 0.252 e. The van der Waals surface area contributed by atoms with Crippen molar-refractivity contribution in [3.05, 3.63) is 57.7 Å². The summed E-state index contributed by atoms with van der Waals surface area (Å²) in [4.78, 5) is 31.3. The second-order valence-corrected chi connectivity index (χ2v) is 7.23. The van der Waals surface area contributed by atoms with E-state index in [1.807, 2.05) is 24.8 Å². The molecule has 0 saturated carbocycles. The zero-order valence-corrected chi connectivity index (χ0v) is 15.7. The lowest BCUT2D eigenvalue weighted by molar-refractivity contribution is 0.0906. The molecule has 1 saturated heterocycles. The molecule has 2 N–H and O–H groups in total. The van der Waals surface area contributed by atoms with E-state index in [4.69, 9.17) is 17.3 Å². The molecule has 0 unspecified atom stereocenters. The molecule has 3 rings (SSSR count). The van der Waals surface area contributed by atoms with Gasteiger partial charge >= 0.3 is 0 Å². The molecular formula is C20H22ClN3O2. The molecule has 2 aromatic rings. The van der Waals surface area contributed by atoms with Crippen LogP contribution in [0.15, 0.2) is 30.3 Å². The summed E-state index contributed by atoms with van der Waals surface area (Å²) in [7, 11) is 0. The van der Waals surface area contributed by atoms with E-state index in [1.165, 1.54) is 0 Å². The maximum atomic E-state index is 13.0. The van der Waals surface area contributed by atoms with Crippen LogP contribution in [0.5, 0.6) is 0 Å². The number of benzene rings is 1. The summed E-state index contributed by atoms with van der Waals surface area (Å²) in [6, 6.07) is 8.82. The minimum atomic E-state index is -0.505. The van der Waals surface area contributed by atoms with Crippen LogP contribution in [0, 0.1) is 19.8 Å². The second-order valence-electron chi connectivity index (χ2n) is 6.80. The fourth-order valence-corrected chi connectivity index (χ4v) is 3.71. The Balaban J connectivity index is 1.87. The molecule has 0 radical (unpaired) electrons. The number of piperidine rings is 1. The number of pyridine rings is 1. The van der Waals surface area contributed by atoms with Crippen molar-refractivity contribution < 1.29 is 9.59 Å². The molecule has 1 aromatic carbocycles. The average molecular weight is 372 g/mol. The minimum Gasteiger partial charge on any atom is -0.365 e. The van der Waals surface area contributed by atoms with Gasteiger partial charge < -0.3 is 10.6 Å². The van der Waals surface area contributed by atoms with Crippen LogP contribution in [-0.4, -0.2) is 29.8 Å². The third-order valence-electron chi connectivity index (χ3n) is 4.83. The van der Waals surface area contributed by atoms with E-state index in [0.29, 0.717) is 28.5 Å². The van der Waals surface area contributed by atoms with Crippen molar-refractivity contribution in [1.29, 1.82) is 0 Å². The molecule has 6 heteroatoms. The monoisotopic (exact) mass is 371 g/mol. The lowest BCUT2D eigenvalue weighted by Crippen LogP contribution is -2.40. The first-order valence-electron chi connectivity index (χ1n) is 8.69. The van der Waals surface area contributed by atoms with Crippen molar-refractivity contribution in [2.45, 2.75) is 26.7 Å². The van der Waals surface area contributed by atoms with E-state index >= 15 is 0 Å². The lowest BCUT2D eigenvalue weighted by Gasteiger charge is -2.34. The Hall–Kier alpha value is -2.40. The van der Waals surface area contributed by atoms with Gasteiger partial charge in [-0.3, -0.25) is 9.59 Å². The number of Topliss-reactive ketones (excluding diaryl/α,β-unsaturated/α-hetero) is 1. The molecule has 0 aliphatic carbocycles. The first-order chi connectivity index (χ1) is 12.4. The van der Waals surface area contributed by atoms with Crippen LogP contribution in [0.3, 0.4) is 0 Å². The summed E-state index contributed by atoms with van der Waals surface area (Å²) < 4.78 is 0. The van der Waals surface area contributed by atoms with Crippen molar-refractivity contribution in [3.8, 4) is 0 Å². The molecule has 1 aliphatic rings. The number of aryl methyl sites for hydroxylation is 2. The molecule has 0 bridgehead atoms. The highest BCUT2D eigenvalue weighted by atomic mass is 35.5. The number of ketones is 1. The zero-order valence-electron chi connectivity index (χ0n) is 15.0. The van der Waals surface area contributed by atoms with Crippen molar-refractivity contribution in [3.63, 3.8) is 0 Å². The molecule has 5 nitrogen and oxygen atoms in total. The van der Waals surface area contributed by atoms with Crippen LogP contribution in [-0.2, 0) is 0 Å². The summed E-state index contributed by atoms with van der Waals surface area (Å²) in [5.74, 6) is 0.0288. The van der Waals surface area contributed by atoms with Gasteiger partial charge in [-0.2, -0.15) is 0 Å². The molecule has 26 heavy (non-hydrogen) atoms. The highest BCUT2D eigenvalue weighted by Gasteiger charge is 2.29. The third-order valence-corrected chi connectivity index (χ3v) is 5.06. The highest BCUT2D eigenvalue weighted by molar-refractivity contribution is 6.30. The van der Waals surface area contributed by atoms with Gasteiger partial charge in [0.2, 0.25) is 0 Å². The summed E-state index contributed by atoms with van der Waals surface area (Å²) in [6.45, 7) is 5.04. The number of aromatic nitrogens is 1. The molecule has 1 aliphatic heterocycles. The quantitative estimate of drug-likeness (QED) is 0.834.